The van der Waals surface area contributed by atoms with Crippen molar-refractivity contribution in [2.45, 2.75) is 30.4 Å². The highest BCUT2D eigenvalue weighted by molar-refractivity contribution is 7.17. The van der Waals surface area contributed by atoms with Crippen LogP contribution in [0.1, 0.15) is 51.4 Å². The van der Waals surface area contributed by atoms with Crippen LogP contribution in [-0.4, -0.2) is 26.6 Å². The predicted molar refractivity (Wildman–Crippen MR) is 100.0 cm³/mol. The minimum atomic E-state index is -1.15. The Labute approximate surface area is 158 Å². The van der Waals surface area contributed by atoms with Gasteiger partial charge in [0, 0.05) is 10.4 Å². The lowest BCUT2D eigenvalue weighted by Gasteiger charge is -2.28. The van der Waals surface area contributed by atoms with Crippen LogP contribution in [0.25, 0.3) is 4.83 Å². The van der Waals surface area contributed by atoms with Crippen LogP contribution in [0.5, 0.6) is 0 Å². The maximum Gasteiger partial charge on any atom is 0.248 e. The zero-order valence-electron chi connectivity index (χ0n) is 14.2. The summed E-state index contributed by atoms with van der Waals surface area (Å²) in [6.45, 7) is 0. The minimum Gasteiger partial charge on any atom is -0.383 e. The fraction of sp³-hybridized carbons (Fsp3) is 0.278. The van der Waals surface area contributed by atoms with E-state index in [2.05, 4.69) is 20.4 Å². The first-order valence-corrected chi connectivity index (χ1v) is 9.41. The number of hydrogen-bond donors (Lipinski definition) is 2. The number of thiazole rings is 1. The van der Waals surface area contributed by atoms with Crippen molar-refractivity contribution in [1.29, 1.82) is 0 Å². The van der Waals surface area contributed by atoms with Gasteiger partial charge in [-0.1, -0.05) is 12.1 Å². The number of carbonyl (C=O) groups excluding carboxylic acids is 1. The summed E-state index contributed by atoms with van der Waals surface area (Å²) < 4.78 is 1.92. The van der Waals surface area contributed by atoms with Crippen molar-refractivity contribution in [3.8, 4) is 0 Å². The molecule has 2 aromatic heterocycles. The number of primary amides is 1. The molecule has 3 heterocycles. The van der Waals surface area contributed by atoms with E-state index in [4.69, 9.17) is 5.73 Å². The Kier molecular flexibility index (Phi) is 3.49. The van der Waals surface area contributed by atoms with Gasteiger partial charge in [-0.3, -0.25) is 9.20 Å². The molecule has 2 atom stereocenters. The molecule has 5 rings (SSSR count). The molecule has 1 amide bonds. The van der Waals surface area contributed by atoms with E-state index in [0.717, 1.165) is 28.2 Å². The monoisotopic (exact) mass is 380 g/mol. The highest BCUT2D eigenvalue weighted by atomic mass is 32.1. The summed E-state index contributed by atoms with van der Waals surface area (Å²) in [5.41, 5.74) is 6.03. The third-order valence-corrected chi connectivity index (χ3v) is 6.38. The smallest absolute Gasteiger partial charge is 0.248 e. The Bertz CT molecular complexity index is 1080. The van der Waals surface area contributed by atoms with Crippen molar-refractivity contribution in [2.75, 3.05) is 0 Å². The van der Waals surface area contributed by atoms with Crippen LogP contribution in [0.4, 0.5) is 0 Å². The summed E-state index contributed by atoms with van der Waals surface area (Å²) in [6, 6.07) is 6.70. The zero-order valence-corrected chi connectivity index (χ0v) is 15.0. The molecule has 3 N–H and O–H groups in total. The Balaban J connectivity index is 1.65. The van der Waals surface area contributed by atoms with Gasteiger partial charge in [-0.05, 0) is 41.7 Å². The Morgan fingerprint density at radius 1 is 1.33 bits per heavy atom. The number of hydrogen-bond acceptors (Lipinski definition) is 7. The van der Waals surface area contributed by atoms with Crippen LogP contribution >= 0.6 is 11.3 Å². The second-order valence-electron chi connectivity index (χ2n) is 6.83. The summed E-state index contributed by atoms with van der Waals surface area (Å²) >= 11 is 1.65. The van der Waals surface area contributed by atoms with Gasteiger partial charge < -0.3 is 10.8 Å². The first-order chi connectivity index (χ1) is 13.1. The molecular weight excluding hydrogens is 364 g/mol. The normalized spacial score (nSPS) is 22.6. The van der Waals surface area contributed by atoms with Gasteiger partial charge in [0.05, 0.1) is 18.1 Å². The third kappa shape index (κ3) is 2.42. The van der Waals surface area contributed by atoms with Crippen LogP contribution < -0.4 is 5.73 Å². The number of nitrogens with zero attached hydrogens (tertiary/aromatic N) is 5. The maximum absolute atomic E-state index is 11.5. The predicted octanol–water partition coefficient (Wildman–Crippen LogP) is 2.75. The number of benzene rings is 1. The topological polar surface area (TPSA) is 118 Å². The van der Waals surface area contributed by atoms with Gasteiger partial charge in [-0.15, -0.1) is 21.6 Å². The Hall–Kier alpha value is -2.91. The van der Waals surface area contributed by atoms with Crippen LogP contribution in [0.15, 0.2) is 52.2 Å². The number of aliphatic hydroxyl groups is 1. The number of nitrogens with two attached hydrogens (primary N) is 1. The molecule has 1 aliphatic heterocycles. The molecule has 8 nitrogen and oxygen atoms in total. The molecule has 1 fully saturated rings. The van der Waals surface area contributed by atoms with E-state index >= 15 is 0 Å². The number of fused-ring (bicyclic) bond motifs is 1. The fourth-order valence-electron chi connectivity index (χ4n) is 3.49. The lowest BCUT2D eigenvalue weighted by atomic mass is 9.83. The zero-order chi connectivity index (χ0) is 18.6. The molecule has 0 radical (unpaired) electrons. The number of carbonyl (C=O) groups is 1. The molecule has 0 spiro atoms. The molecule has 1 saturated carbocycles. The summed E-state index contributed by atoms with van der Waals surface area (Å²) in [5, 5.41) is 23.5. The van der Waals surface area contributed by atoms with Crippen molar-refractivity contribution >= 4 is 28.3 Å². The molecule has 2 aliphatic rings. The van der Waals surface area contributed by atoms with Gasteiger partial charge >= 0.3 is 0 Å². The van der Waals surface area contributed by atoms with E-state index < -0.39 is 17.6 Å². The molecule has 136 valence electrons. The van der Waals surface area contributed by atoms with Crippen LogP contribution in [0.3, 0.4) is 0 Å². The van der Waals surface area contributed by atoms with Gasteiger partial charge in [-0.25, -0.2) is 4.98 Å². The molecule has 2 unspecified atom stereocenters. The van der Waals surface area contributed by atoms with Crippen molar-refractivity contribution in [1.82, 2.24) is 9.38 Å². The van der Waals surface area contributed by atoms with Crippen LogP contribution in [-0.2, 0) is 5.54 Å². The van der Waals surface area contributed by atoms with E-state index in [1.807, 2.05) is 4.40 Å². The number of rotatable bonds is 5. The summed E-state index contributed by atoms with van der Waals surface area (Å²) in [5.74, 6) is -0.0454. The SMILES string of the molecule is NC(=O)c1ccc(C2(C(O)c3c(C4CC4)sc4cncn34)C=NN=N2)cc1. The number of imidazole rings is 1. The van der Waals surface area contributed by atoms with Gasteiger partial charge in [-0.2, -0.15) is 0 Å². The highest BCUT2D eigenvalue weighted by Gasteiger charge is 2.46. The largest absolute Gasteiger partial charge is 0.383 e. The van der Waals surface area contributed by atoms with Crippen LogP contribution in [0, 0.1) is 0 Å². The van der Waals surface area contributed by atoms with Gasteiger partial charge in [0.25, 0.3) is 0 Å². The van der Waals surface area contributed by atoms with Crippen molar-refractivity contribution in [3.05, 3.63) is 58.5 Å². The van der Waals surface area contributed by atoms with E-state index in [1.165, 1.54) is 0 Å². The lowest BCUT2D eigenvalue weighted by Crippen LogP contribution is -2.33. The van der Waals surface area contributed by atoms with E-state index in [9.17, 15) is 9.90 Å². The standard InChI is InChI=1S/C18H16N6O2S/c19-17(26)11-3-5-12(6-4-11)18(8-21-23-22-18)16(25)14-15(10-1-2-10)27-13-7-20-9-24(13)14/h3-10,16,25H,1-2H2,(H2,19,26). The van der Waals surface area contributed by atoms with Gasteiger partial charge in [0.1, 0.15) is 17.3 Å². The van der Waals surface area contributed by atoms with Crippen molar-refractivity contribution < 1.29 is 9.90 Å². The van der Waals surface area contributed by atoms with Crippen LogP contribution in [0.2, 0.25) is 0 Å². The number of aromatic nitrogens is 2. The molecule has 0 saturated heterocycles. The maximum atomic E-state index is 11.5. The first-order valence-electron chi connectivity index (χ1n) is 8.59. The average Bonchev–Trinajstić information content (AvgIpc) is 3.08. The van der Waals surface area contributed by atoms with Crippen molar-refractivity contribution in [2.24, 2.45) is 21.2 Å². The highest BCUT2D eigenvalue weighted by Crippen LogP contribution is 2.50. The quantitative estimate of drug-likeness (QED) is 0.708. The van der Waals surface area contributed by atoms with E-state index in [-0.39, 0.29) is 0 Å². The molecule has 1 aliphatic carbocycles. The second kappa shape index (κ2) is 5.80. The molecular formula is C18H16N6O2S. The third-order valence-electron chi connectivity index (χ3n) is 5.10. The minimum absolute atomic E-state index is 0.390. The number of amides is 1. The Morgan fingerprint density at radius 2 is 2.11 bits per heavy atom. The first kappa shape index (κ1) is 16.3. The van der Waals surface area contributed by atoms with E-state index in [0.29, 0.717) is 17.0 Å². The molecule has 27 heavy (non-hydrogen) atoms. The van der Waals surface area contributed by atoms with Crippen molar-refractivity contribution in [3.63, 3.8) is 0 Å². The summed E-state index contributed by atoms with van der Waals surface area (Å²) in [4.78, 5) is 17.7. The fourth-order valence-corrected chi connectivity index (χ4v) is 4.79. The van der Waals surface area contributed by atoms with Gasteiger partial charge in [0.15, 0.2) is 5.54 Å². The summed E-state index contributed by atoms with van der Waals surface area (Å²) in [6.07, 6.45) is 6.30. The average molecular weight is 380 g/mol. The van der Waals surface area contributed by atoms with Gasteiger partial charge in [0.2, 0.25) is 5.91 Å². The Morgan fingerprint density at radius 3 is 2.74 bits per heavy atom. The summed E-state index contributed by atoms with van der Waals surface area (Å²) in [7, 11) is 0. The molecule has 9 heteroatoms. The lowest BCUT2D eigenvalue weighted by molar-refractivity contribution is 0.1000. The molecule has 0 bridgehead atoms. The van der Waals surface area contributed by atoms with E-state index in [1.54, 1.807) is 54.3 Å². The number of aliphatic hydroxyl groups excluding tert-OH is 1. The molecule has 1 aromatic carbocycles. The second-order valence-corrected chi connectivity index (χ2v) is 7.89. The molecule has 3 aromatic rings.